The third-order valence-corrected chi connectivity index (χ3v) is 3.35. The van der Waals surface area contributed by atoms with Crippen LogP contribution in [0.4, 0.5) is 5.82 Å². The van der Waals surface area contributed by atoms with E-state index in [1.54, 1.807) is 17.7 Å². The van der Waals surface area contributed by atoms with E-state index < -0.39 is 0 Å². The van der Waals surface area contributed by atoms with Gasteiger partial charge in [-0.2, -0.15) is 0 Å². The van der Waals surface area contributed by atoms with Crippen molar-refractivity contribution in [1.29, 1.82) is 0 Å². The van der Waals surface area contributed by atoms with E-state index in [4.69, 9.17) is 6.42 Å². The maximum atomic E-state index is 5.33. The molecule has 0 fully saturated rings. The molecular weight excluding hydrogens is 218 g/mol. The van der Waals surface area contributed by atoms with Gasteiger partial charge in [0.15, 0.2) is 0 Å². The third-order valence-electron chi connectivity index (χ3n) is 2.44. The number of fused-ring (bicyclic) bond motifs is 1. The van der Waals surface area contributed by atoms with Gasteiger partial charge in [-0.1, -0.05) is 6.92 Å². The van der Waals surface area contributed by atoms with E-state index in [-0.39, 0.29) is 6.04 Å². The zero-order valence-electron chi connectivity index (χ0n) is 9.10. The standard InChI is InChI=1S/C12H13N3S/c1-3-5-9(4-2)15-12-11-10(6-7-16-11)13-8-14-12/h1,6-9H,4-5H2,2H3,(H,13,14,15). The highest BCUT2D eigenvalue weighted by Crippen LogP contribution is 2.25. The van der Waals surface area contributed by atoms with Crippen molar-refractivity contribution in [3.63, 3.8) is 0 Å². The van der Waals surface area contributed by atoms with Gasteiger partial charge in [-0.25, -0.2) is 9.97 Å². The predicted octanol–water partition coefficient (Wildman–Crippen LogP) is 2.91. The number of thiophene rings is 1. The smallest absolute Gasteiger partial charge is 0.147 e. The predicted molar refractivity (Wildman–Crippen MR) is 68.6 cm³/mol. The lowest BCUT2D eigenvalue weighted by Gasteiger charge is -2.14. The number of hydrogen-bond acceptors (Lipinski definition) is 4. The molecular formula is C12H13N3S. The van der Waals surface area contributed by atoms with Crippen molar-refractivity contribution in [2.24, 2.45) is 0 Å². The highest BCUT2D eigenvalue weighted by atomic mass is 32.1. The quantitative estimate of drug-likeness (QED) is 0.822. The van der Waals surface area contributed by atoms with Crippen LogP contribution in [0.2, 0.25) is 0 Å². The number of terminal acetylenes is 1. The molecule has 4 heteroatoms. The van der Waals surface area contributed by atoms with Crippen LogP contribution in [0.25, 0.3) is 10.2 Å². The Morgan fingerprint density at radius 3 is 3.19 bits per heavy atom. The fourth-order valence-electron chi connectivity index (χ4n) is 1.52. The molecule has 16 heavy (non-hydrogen) atoms. The highest BCUT2D eigenvalue weighted by molar-refractivity contribution is 7.17. The average Bonchev–Trinajstić information content (AvgIpc) is 2.77. The molecule has 0 aliphatic rings. The number of nitrogens with zero attached hydrogens (tertiary/aromatic N) is 2. The summed E-state index contributed by atoms with van der Waals surface area (Å²) in [5, 5.41) is 5.40. The molecule has 3 nitrogen and oxygen atoms in total. The van der Waals surface area contributed by atoms with E-state index in [9.17, 15) is 0 Å². The van der Waals surface area contributed by atoms with Crippen molar-refractivity contribution in [3.8, 4) is 12.3 Å². The summed E-state index contributed by atoms with van der Waals surface area (Å²) in [5.41, 5.74) is 0.984. The van der Waals surface area contributed by atoms with Gasteiger partial charge in [-0.05, 0) is 17.9 Å². The summed E-state index contributed by atoms with van der Waals surface area (Å²) >= 11 is 1.65. The van der Waals surface area contributed by atoms with Gasteiger partial charge in [0.1, 0.15) is 12.1 Å². The lowest BCUT2D eigenvalue weighted by Crippen LogP contribution is -2.18. The van der Waals surface area contributed by atoms with Crippen LogP contribution in [0.3, 0.4) is 0 Å². The molecule has 82 valence electrons. The summed E-state index contributed by atoms with van der Waals surface area (Å²) in [6, 6.07) is 2.28. The van der Waals surface area contributed by atoms with Crippen LogP contribution < -0.4 is 5.32 Å². The molecule has 0 aliphatic heterocycles. The summed E-state index contributed by atoms with van der Waals surface area (Å²) in [6.07, 6.45) is 8.62. The second-order valence-electron chi connectivity index (χ2n) is 3.51. The first-order valence-electron chi connectivity index (χ1n) is 5.23. The number of aromatic nitrogens is 2. The molecule has 1 atom stereocenters. The molecule has 0 amide bonds. The van der Waals surface area contributed by atoms with Crippen LogP contribution in [0.1, 0.15) is 19.8 Å². The van der Waals surface area contributed by atoms with Crippen LogP contribution in [0.5, 0.6) is 0 Å². The van der Waals surface area contributed by atoms with Crippen LogP contribution in [0, 0.1) is 12.3 Å². The van der Waals surface area contributed by atoms with Gasteiger partial charge < -0.3 is 5.32 Å². The molecule has 0 spiro atoms. The number of rotatable bonds is 4. The lowest BCUT2D eigenvalue weighted by atomic mass is 10.1. The minimum atomic E-state index is 0.283. The maximum Gasteiger partial charge on any atom is 0.147 e. The van der Waals surface area contributed by atoms with E-state index in [0.29, 0.717) is 6.42 Å². The SMILES string of the molecule is C#CCC(CC)Nc1ncnc2ccsc12. The molecule has 2 rings (SSSR count). The van der Waals surface area contributed by atoms with E-state index in [1.165, 1.54) is 0 Å². The summed E-state index contributed by atoms with van der Waals surface area (Å²) in [4.78, 5) is 8.47. The molecule has 0 aliphatic carbocycles. The van der Waals surface area contributed by atoms with Crippen molar-refractivity contribution in [3.05, 3.63) is 17.8 Å². The molecule has 1 unspecified atom stereocenters. The molecule has 2 aromatic heterocycles. The Balaban J connectivity index is 2.26. The first-order valence-corrected chi connectivity index (χ1v) is 6.11. The fourth-order valence-corrected chi connectivity index (χ4v) is 2.32. The molecule has 0 aromatic carbocycles. The molecule has 2 heterocycles. The lowest BCUT2D eigenvalue weighted by molar-refractivity contribution is 0.713. The minimum absolute atomic E-state index is 0.283. The molecule has 0 bridgehead atoms. The van der Waals surface area contributed by atoms with Crippen molar-refractivity contribution in [2.45, 2.75) is 25.8 Å². The van der Waals surface area contributed by atoms with Crippen LogP contribution >= 0.6 is 11.3 Å². The molecule has 2 aromatic rings. The molecule has 0 saturated carbocycles. The molecule has 0 saturated heterocycles. The van der Waals surface area contributed by atoms with Crippen molar-refractivity contribution in [2.75, 3.05) is 5.32 Å². The maximum absolute atomic E-state index is 5.33. The summed E-state index contributed by atoms with van der Waals surface area (Å²) in [6.45, 7) is 2.11. The van der Waals surface area contributed by atoms with Gasteiger partial charge >= 0.3 is 0 Å². The number of nitrogens with one attached hydrogen (secondary N) is 1. The summed E-state index contributed by atoms with van der Waals surface area (Å²) in [5.74, 6) is 3.57. The van der Waals surface area contributed by atoms with Gasteiger partial charge in [0, 0.05) is 12.5 Å². The average molecular weight is 231 g/mol. The van der Waals surface area contributed by atoms with E-state index in [1.807, 2.05) is 11.4 Å². The fraction of sp³-hybridized carbons (Fsp3) is 0.333. The summed E-state index contributed by atoms with van der Waals surface area (Å²) < 4.78 is 1.10. The summed E-state index contributed by atoms with van der Waals surface area (Å²) in [7, 11) is 0. The Hall–Kier alpha value is -1.60. The Morgan fingerprint density at radius 2 is 2.44 bits per heavy atom. The minimum Gasteiger partial charge on any atom is -0.365 e. The first-order chi connectivity index (χ1) is 7.85. The Morgan fingerprint density at radius 1 is 1.56 bits per heavy atom. The first kappa shape index (κ1) is 10.9. The van der Waals surface area contributed by atoms with Gasteiger partial charge in [-0.3, -0.25) is 0 Å². The monoisotopic (exact) mass is 231 g/mol. The van der Waals surface area contributed by atoms with E-state index >= 15 is 0 Å². The van der Waals surface area contributed by atoms with Crippen molar-refractivity contribution < 1.29 is 0 Å². The van der Waals surface area contributed by atoms with Gasteiger partial charge in [0.2, 0.25) is 0 Å². The van der Waals surface area contributed by atoms with Crippen molar-refractivity contribution in [1.82, 2.24) is 9.97 Å². The Bertz CT molecular complexity index is 512. The van der Waals surface area contributed by atoms with Crippen molar-refractivity contribution >= 4 is 27.4 Å². The number of hydrogen-bond donors (Lipinski definition) is 1. The van der Waals surface area contributed by atoms with Crippen LogP contribution in [0.15, 0.2) is 17.8 Å². The Kier molecular flexibility index (Phi) is 3.37. The Labute approximate surface area is 98.9 Å². The van der Waals surface area contributed by atoms with E-state index in [2.05, 4.69) is 28.1 Å². The highest BCUT2D eigenvalue weighted by Gasteiger charge is 2.09. The van der Waals surface area contributed by atoms with Crippen LogP contribution in [-0.4, -0.2) is 16.0 Å². The van der Waals surface area contributed by atoms with Gasteiger partial charge in [0.05, 0.1) is 10.2 Å². The van der Waals surface area contributed by atoms with E-state index in [0.717, 1.165) is 22.5 Å². The molecule has 1 N–H and O–H groups in total. The van der Waals surface area contributed by atoms with Gasteiger partial charge in [-0.15, -0.1) is 23.7 Å². The normalized spacial score (nSPS) is 12.2. The largest absolute Gasteiger partial charge is 0.365 e. The topological polar surface area (TPSA) is 37.8 Å². The zero-order valence-corrected chi connectivity index (χ0v) is 9.92. The number of anilines is 1. The van der Waals surface area contributed by atoms with Gasteiger partial charge in [0.25, 0.3) is 0 Å². The van der Waals surface area contributed by atoms with Crippen LogP contribution in [-0.2, 0) is 0 Å². The third kappa shape index (κ3) is 2.15. The second-order valence-corrected chi connectivity index (χ2v) is 4.43. The second kappa shape index (κ2) is 4.95. The molecule has 0 radical (unpaired) electrons. The zero-order chi connectivity index (χ0) is 11.4.